The quantitative estimate of drug-likeness (QED) is 0.644. The molecule has 0 aliphatic heterocycles. The third-order valence-corrected chi connectivity index (χ3v) is 2.92. The summed E-state index contributed by atoms with van der Waals surface area (Å²) >= 11 is 3.18. The van der Waals surface area contributed by atoms with E-state index in [2.05, 4.69) is 21.2 Å². The number of carbonyl (C=O) groups excluding carboxylic acids is 1. The molecule has 0 aromatic heterocycles. The van der Waals surface area contributed by atoms with E-state index in [-0.39, 0.29) is 17.6 Å². The Morgan fingerprint density at radius 1 is 1.61 bits per heavy atom. The SMILES string of the molecule is CC(N)CCC(=O)Nc1ccc([N+](=O)[O-])cc1Br. The Bertz CT molecular complexity index is 463. The second-order valence-corrected chi connectivity index (χ2v) is 4.84. The Morgan fingerprint density at radius 2 is 2.28 bits per heavy atom. The van der Waals surface area contributed by atoms with Crippen molar-refractivity contribution < 1.29 is 9.72 Å². The van der Waals surface area contributed by atoms with Crippen LogP contribution in [0, 0.1) is 10.1 Å². The van der Waals surface area contributed by atoms with E-state index in [1.54, 1.807) is 0 Å². The Hall–Kier alpha value is -1.47. The minimum atomic E-state index is -0.494. The van der Waals surface area contributed by atoms with Crippen LogP contribution in [0.2, 0.25) is 0 Å². The van der Waals surface area contributed by atoms with Gasteiger partial charge in [0, 0.05) is 29.1 Å². The molecule has 0 aliphatic rings. The van der Waals surface area contributed by atoms with Gasteiger partial charge in [-0.15, -0.1) is 0 Å². The fourth-order valence-corrected chi connectivity index (χ4v) is 1.76. The molecule has 1 rings (SSSR count). The Morgan fingerprint density at radius 3 is 2.78 bits per heavy atom. The van der Waals surface area contributed by atoms with Gasteiger partial charge in [0.1, 0.15) is 0 Å². The average molecular weight is 316 g/mol. The molecule has 3 N–H and O–H groups in total. The van der Waals surface area contributed by atoms with E-state index in [0.29, 0.717) is 23.0 Å². The van der Waals surface area contributed by atoms with Gasteiger partial charge in [-0.2, -0.15) is 0 Å². The zero-order valence-corrected chi connectivity index (χ0v) is 11.4. The summed E-state index contributed by atoms with van der Waals surface area (Å²) in [4.78, 5) is 21.6. The van der Waals surface area contributed by atoms with Crippen molar-refractivity contribution in [2.75, 3.05) is 5.32 Å². The summed E-state index contributed by atoms with van der Waals surface area (Å²) in [6, 6.07) is 4.15. The first-order valence-electron chi connectivity index (χ1n) is 5.39. The van der Waals surface area contributed by atoms with Crippen LogP contribution in [0.4, 0.5) is 11.4 Å². The fourth-order valence-electron chi connectivity index (χ4n) is 1.29. The molecule has 1 aromatic carbocycles. The van der Waals surface area contributed by atoms with E-state index in [9.17, 15) is 14.9 Å². The van der Waals surface area contributed by atoms with Crippen LogP contribution in [-0.2, 0) is 4.79 Å². The number of nitrogens with two attached hydrogens (primary N) is 1. The highest BCUT2D eigenvalue weighted by atomic mass is 79.9. The van der Waals surface area contributed by atoms with Crippen molar-refractivity contribution in [1.82, 2.24) is 0 Å². The maximum Gasteiger partial charge on any atom is 0.270 e. The summed E-state index contributed by atoms with van der Waals surface area (Å²) < 4.78 is 0.478. The van der Waals surface area contributed by atoms with Crippen LogP contribution in [-0.4, -0.2) is 16.9 Å². The van der Waals surface area contributed by atoms with Crippen molar-refractivity contribution in [2.24, 2.45) is 5.73 Å². The molecule has 0 heterocycles. The van der Waals surface area contributed by atoms with Gasteiger partial charge in [-0.25, -0.2) is 0 Å². The Balaban J connectivity index is 2.68. The molecule has 7 heteroatoms. The van der Waals surface area contributed by atoms with Crippen molar-refractivity contribution in [3.63, 3.8) is 0 Å². The molecule has 1 unspecified atom stereocenters. The third-order valence-electron chi connectivity index (χ3n) is 2.26. The number of carbonyl (C=O) groups is 1. The van der Waals surface area contributed by atoms with Crippen LogP contribution in [0.1, 0.15) is 19.8 Å². The highest BCUT2D eigenvalue weighted by Crippen LogP contribution is 2.27. The summed E-state index contributed by atoms with van der Waals surface area (Å²) in [5, 5.41) is 13.2. The lowest BCUT2D eigenvalue weighted by Crippen LogP contribution is -2.19. The van der Waals surface area contributed by atoms with Crippen LogP contribution in [0.3, 0.4) is 0 Å². The molecule has 0 spiro atoms. The van der Waals surface area contributed by atoms with Crippen LogP contribution >= 0.6 is 15.9 Å². The van der Waals surface area contributed by atoms with Gasteiger partial charge in [-0.3, -0.25) is 14.9 Å². The fraction of sp³-hybridized carbons (Fsp3) is 0.364. The number of nitro groups is 1. The second kappa shape index (κ2) is 6.46. The molecule has 0 saturated carbocycles. The standard InChI is InChI=1S/C11H14BrN3O3/c1-7(13)2-5-11(16)14-10-4-3-8(15(17)18)6-9(10)12/h3-4,6-7H,2,5,13H2,1H3,(H,14,16). The molecule has 0 fully saturated rings. The molecule has 0 radical (unpaired) electrons. The first kappa shape index (κ1) is 14.6. The lowest BCUT2D eigenvalue weighted by Gasteiger charge is -2.08. The largest absolute Gasteiger partial charge is 0.328 e. The molecular weight excluding hydrogens is 302 g/mol. The monoisotopic (exact) mass is 315 g/mol. The Labute approximate surface area is 113 Å². The predicted octanol–water partition coefficient (Wildman–Crippen LogP) is 2.42. The number of non-ortho nitro benzene ring substituents is 1. The van der Waals surface area contributed by atoms with Gasteiger partial charge < -0.3 is 11.1 Å². The number of amides is 1. The van der Waals surface area contributed by atoms with Gasteiger partial charge >= 0.3 is 0 Å². The summed E-state index contributed by atoms with van der Waals surface area (Å²) in [6.45, 7) is 1.83. The van der Waals surface area contributed by atoms with E-state index < -0.39 is 4.92 Å². The second-order valence-electron chi connectivity index (χ2n) is 3.99. The van der Waals surface area contributed by atoms with Crippen LogP contribution in [0.25, 0.3) is 0 Å². The summed E-state index contributed by atoms with van der Waals surface area (Å²) in [5.74, 6) is -0.165. The van der Waals surface area contributed by atoms with Crippen LogP contribution < -0.4 is 11.1 Å². The topological polar surface area (TPSA) is 98.3 Å². The summed E-state index contributed by atoms with van der Waals surface area (Å²) in [7, 11) is 0. The lowest BCUT2D eigenvalue weighted by molar-refractivity contribution is -0.384. The van der Waals surface area contributed by atoms with E-state index in [1.165, 1.54) is 18.2 Å². The van der Waals surface area contributed by atoms with Gasteiger partial charge in [-0.1, -0.05) is 0 Å². The van der Waals surface area contributed by atoms with E-state index in [0.717, 1.165) is 0 Å². The summed E-state index contributed by atoms with van der Waals surface area (Å²) in [5.41, 5.74) is 6.03. The number of anilines is 1. The first-order chi connectivity index (χ1) is 8.40. The van der Waals surface area contributed by atoms with Gasteiger partial charge in [0.15, 0.2) is 0 Å². The highest BCUT2D eigenvalue weighted by Gasteiger charge is 2.11. The van der Waals surface area contributed by atoms with Crippen LogP contribution in [0.5, 0.6) is 0 Å². The molecule has 18 heavy (non-hydrogen) atoms. The van der Waals surface area contributed by atoms with E-state index in [4.69, 9.17) is 5.73 Å². The summed E-state index contributed by atoms with van der Waals surface area (Å²) in [6.07, 6.45) is 0.914. The molecule has 0 bridgehead atoms. The van der Waals surface area contributed by atoms with Gasteiger partial charge in [0.2, 0.25) is 5.91 Å². The van der Waals surface area contributed by atoms with Crippen molar-refractivity contribution in [2.45, 2.75) is 25.8 Å². The van der Waals surface area contributed by atoms with Crippen molar-refractivity contribution in [3.8, 4) is 0 Å². The van der Waals surface area contributed by atoms with Crippen molar-refractivity contribution >= 4 is 33.2 Å². The number of nitrogens with zero attached hydrogens (tertiary/aromatic N) is 1. The number of rotatable bonds is 5. The molecule has 0 saturated heterocycles. The molecule has 1 atom stereocenters. The van der Waals surface area contributed by atoms with Crippen LogP contribution in [0.15, 0.2) is 22.7 Å². The third kappa shape index (κ3) is 4.42. The van der Waals surface area contributed by atoms with Gasteiger partial charge in [-0.05, 0) is 35.3 Å². The molecule has 1 amide bonds. The number of halogens is 1. The van der Waals surface area contributed by atoms with Crippen molar-refractivity contribution in [1.29, 1.82) is 0 Å². The van der Waals surface area contributed by atoms with E-state index in [1.807, 2.05) is 6.92 Å². The number of hydrogen-bond acceptors (Lipinski definition) is 4. The smallest absolute Gasteiger partial charge is 0.270 e. The van der Waals surface area contributed by atoms with Gasteiger partial charge in [0.25, 0.3) is 5.69 Å². The first-order valence-corrected chi connectivity index (χ1v) is 6.19. The number of nitrogens with one attached hydrogen (secondary N) is 1. The van der Waals surface area contributed by atoms with Crippen molar-refractivity contribution in [3.05, 3.63) is 32.8 Å². The molecule has 1 aromatic rings. The highest BCUT2D eigenvalue weighted by molar-refractivity contribution is 9.10. The molecule has 0 aliphatic carbocycles. The number of benzene rings is 1. The maximum absolute atomic E-state index is 11.6. The minimum absolute atomic E-state index is 0.0314. The molecule has 6 nitrogen and oxygen atoms in total. The maximum atomic E-state index is 11.6. The van der Waals surface area contributed by atoms with Gasteiger partial charge in [0.05, 0.1) is 10.6 Å². The number of hydrogen-bond donors (Lipinski definition) is 2. The zero-order chi connectivity index (χ0) is 13.7. The number of nitro benzene ring substituents is 1. The van der Waals surface area contributed by atoms with E-state index >= 15 is 0 Å². The zero-order valence-electron chi connectivity index (χ0n) is 9.85. The molecule has 98 valence electrons. The Kier molecular flexibility index (Phi) is 5.24. The average Bonchev–Trinajstić information content (AvgIpc) is 2.29. The minimum Gasteiger partial charge on any atom is -0.328 e. The normalized spacial score (nSPS) is 11.9. The predicted molar refractivity (Wildman–Crippen MR) is 72.3 cm³/mol. The lowest BCUT2D eigenvalue weighted by atomic mass is 10.2. The molecular formula is C11H14BrN3O3.